The van der Waals surface area contributed by atoms with Crippen molar-refractivity contribution in [1.29, 1.82) is 0 Å². The monoisotopic (exact) mass is 149 g/mol. The lowest BCUT2D eigenvalue weighted by Gasteiger charge is -2.01. The highest BCUT2D eigenvalue weighted by Crippen LogP contribution is 2.05. The molecule has 2 nitrogen and oxygen atoms in total. The molecule has 0 unspecified atom stereocenters. The molecular weight excluding hydrogens is 138 g/mol. The second kappa shape index (κ2) is 4.50. The molecule has 1 heterocycles. The van der Waals surface area contributed by atoms with E-state index in [0.717, 1.165) is 12.2 Å². The van der Waals surface area contributed by atoms with Crippen LogP contribution in [0.4, 0.5) is 0 Å². The molecule has 0 spiro atoms. The van der Waals surface area contributed by atoms with E-state index < -0.39 is 0 Å². The van der Waals surface area contributed by atoms with Crippen molar-refractivity contribution in [2.75, 3.05) is 6.61 Å². The zero-order valence-electron chi connectivity index (χ0n) is 6.36. The lowest BCUT2D eigenvalue weighted by molar-refractivity contribution is 0.324. The van der Waals surface area contributed by atoms with Gasteiger partial charge in [-0.05, 0) is 18.6 Å². The summed E-state index contributed by atoms with van der Waals surface area (Å²) in [6.45, 7) is 4.27. The van der Waals surface area contributed by atoms with Gasteiger partial charge in [-0.15, -0.1) is 6.58 Å². The van der Waals surface area contributed by atoms with Crippen LogP contribution in [0.15, 0.2) is 37.2 Å². The number of hydrogen-bond donors (Lipinski definition) is 0. The smallest absolute Gasteiger partial charge is 0.137 e. The quantitative estimate of drug-likeness (QED) is 0.482. The topological polar surface area (TPSA) is 22.1 Å². The van der Waals surface area contributed by atoms with Crippen molar-refractivity contribution >= 4 is 0 Å². The van der Waals surface area contributed by atoms with Gasteiger partial charge in [0.25, 0.3) is 0 Å². The van der Waals surface area contributed by atoms with Crippen molar-refractivity contribution in [1.82, 2.24) is 4.98 Å². The molecule has 0 aromatic carbocycles. The van der Waals surface area contributed by atoms with Crippen LogP contribution in [-0.2, 0) is 0 Å². The standard InChI is InChI=1S/C9H11NO/c1-2-3-7-11-9-5-4-6-10-8-9/h2,4-6,8H,1,3,7H2. The van der Waals surface area contributed by atoms with Gasteiger partial charge in [0.15, 0.2) is 0 Å². The molecular formula is C9H11NO. The van der Waals surface area contributed by atoms with Crippen LogP contribution in [0.2, 0.25) is 0 Å². The summed E-state index contributed by atoms with van der Waals surface area (Å²) in [5, 5.41) is 0. The molecule has 0 aliphatic carbocycles. The van der Waals surface area contributed by atoms with E-state index >= 15 is 0 Å². The van der Waals surface area contributed by atoms with E-state index in [1.807, 2.05) is 18.2 Å². The highest BCUT2D eigenvalue weighted by Gasteiger charge is 1.88. The van der Waals surface area contributed by atoms with E-state index in [0.29, 0.717) is 6.61 Å². The number of aromatic nitrogens is 1. The molecule has 0 atom stereocenters. The molecule has 2 heteroatoms. The fraction of sp³-hybridized carbons (Fsp3) is 0.222. The Bertz CT molecular complexity index is 208. The van der Waals surface area contributed by atoms with Gasteiger partial charge in [-0.25, -0.2) is 0 Å². The van der Waals surface area contributed by atoms with Crippen LogP contribution >= 0.6 is 0 Å². The molecule has 0 amide bonds. The third-order valence-corrected chi connectivity index (χ3v) is 1.23. The summed E-state index contributed by atoms with van der Waals surface area (Å²) in [6.07, 6.45) is 6.12. The molecule has 1 aromatic rings. The van der Waals surface area contributed by atoms with Gasteiger partial charge in [0.1, 0.15) is 5.75 Å². The first-order valence-electron chi connectivity index (χ1n) is 3.57. The Balaban J connectivity index is 2.33. The van der Waals surface area contributed by atoms with Crippen LogP contribution in [0, 0.1) is 0 Å². The molecule has 0 fully saturated rings. The van der Waals surface area contributed by atoms with Gasteiger partial charge in [-0.1, -0.05) is 6.08 Å². The van der Waals surface area contributed by atoms with Gasteiger partial charge in [-0.3, -0.25) is 4.98 Å². The lowest BCUT2D eigenvalue weighted by Crippen LogP contribution is -1.94. The number of nitrogens with zero attached hydrogens (tertiary/aromatic N) is 1. The normalized spacial score (nSPS) is 9.09. The van der Waals surface area contributed by atoms with E-state index in [2.05, 4.69) is 11.6 Å². The number of hydrogen-bond acceptors (Lipinski definition) is 2. The molecule has 0 saturated carbocycles. The molecule has 0 bridgehead atoms. The van der Waals surface area contributed by atoms with Crippen LogP contribution in [0.1, 0.15) is 6.42 Å². The van der Waals surface area contributed by atoms with E-state index in [-0.39, 0.29) is 0 Å². The van der Waals surface area contributed by atoms with Gasteiger partial charge in [0.05, 0.1) is 12.8 Å². The Morgan fingerprint density at radius 3 is 3.18 bits per heavy atom. The van der Waals surface area contributed by atoms with E-state index in [9.17, 15) is 0 Å². The SMILES string of the molecule is C=CCCOc1cccnc1. The van der Waals surface area contributed by atoms with Crippen LogP contribution in [0.25, 0.3) is 0 Å². The first kappa shape index (κ1) is 7.79. The zero-order valence-corrected chi connectivity index (χ0v) is 6.36. The number of rotatable bonds is 4. The first-order chi connectivity index (χ1) is 5.43. The average molecular weight is 149 g/mol. The summed E-state index contributed by atoms with van der Waals surface area (Å²) >= 11 is 0. The summed E-state index contributed by atoms with van der Waals surface area (Å²) in [7, 11) is 0. The van der Waals surface area contributed by atoms with Crippen molar-refractivity contribution in [3.63, 3.8) is 0 Å². The zero-order chi connectivity index (χ0) is 7.94. The fourth-order valence-corrected chi connectivity index (χ4v) is 0.693. The predicted octanol–water partition coefficient (Wildman–Crippen LogP) is 2.04. The van der Waals surface area contributed by atoms with Crippen LogP contribution in [-0.4, -0.2) is 11.6 Å². The third-order valence-electron chi connectivity index (χ3n) is 1.23. The summed E-state index contributed by atoms with van der Waals surface area (Å²) in [5.41, 5.74) is 0. The highest BCUT2D eigenvalue weighted by molar-refractivity contribution is 5.15. The molecule has 58 valence electrons. The summed E-state index contributed by atoms with van der Waals surface area (Å²) in [4.78, 5) is 3.91. The Morgan fingerprint density at radius 2 is 2.55 bits per heavy atom. The van der Waals surface area contributed by atoms with Gasteiger partial charge >= 0.3 is 0 Å². The van der Waals surface area contributed by atoms with Gasteiger partial charge in [0.2, 0.25) is 0 Å². The maximum Gasteiger partial charge on any atom is 0.137 e. The van der Waals surface area contributed by atoms with E-state index in [4.69, 9.17) is 4.74 Å². The molecule has 0 saturated heterocycles. The minimum Gasteiger partial charge on any atom is -0.492 e. The Labute approximate surface area is 66.5 Å². The van der Waals surface area contributed by atoms with Crippen LogP contribution in [0.5, 0.6) is 5.75 Å². The summed E-state index contributed by atoms with van der Waals surface area (Å²) in [6, 6.07) is 3.74. The van der Waals surface area contributed by atoms with Crippen molar-refractivity contribution < 1.29 is 4.74 Å². The van der Waals surface area contributed by atoms with Gasteiger partial charge < -0.3 is 4.74 Å². The fourth-order valence-electron chi connectivity index (χ4n) is 0.693. The average Bonchev–Trinajstić information content (AvgIpc) is 2.07. The molecule has 1 rings (SSSR count). The van der Waals surface area contributed by atoms with Gasteiger partial charge in [0, 0.05) is 6.20 Å². The molecule has 11 heavy (non-hydrogen) atoms. The second-order valence-corrected chi connectivity index (χ2v) is 2.11. The second-order valence-electron chi connectivity index (χ2n) is 2.11. The maximum atomic E-state index is 5.31. The van der Waals surface area contributed by atoms with E-state index in [1.165, 1.54) is 0 Å². The van der Waals surface area contributed by atoms with Crippen molar-refractivity contribution in [2.24, 2.45) is 0 Å². The first-order valence-corrected chi connectivity index (χ1v) is 3.57. The number of pyridine rings is 1. The highest BCUT2D eigenvalue weighted by atomic mass is 16.5. The molecule has 0 N–H and O–H groups in total. The lowest BCUT2D eigenvalue weighted by atomic mass is 10.4. The molecule has 0 aliphatic heterocycles. The van der Waals surface area contributed by atoms with Crippen LogP contribution in [0.3, 0.4) is 0 Å². The Hall–Kier alpha value is -1.31. The van der Waals surface area contributed by atoms with Gasteiger partial charge in [-0.2, -0.15) is 0 Å². The minimum atomic E-state index is 0.676. The van der Waals surface area contributed by atoms with Crippen molar-refractivity contribution in [3.05, 3.63) is 37.2 Å². The maximum absolute atomic E-state index is 5.31. The predicted molar refractivity (Wildman–Crippen MR) is 44.5 cm³/mol. The molecule has 0 radical (unpaired) electrons. The van der Waals surface area contributed by atoms with Crippen molar-refractivity contribution in [2.45, 2.75) is 6.42 Å². The summed E-state index contributed by atoms with van der Waals surface area (Å²) in [5.74, 6) is 0.814. The largest absolute Gasteiger partial charge is 0.492 e. The molecule has 1 aromatic heterocycles. The number of ether oxygens (including phenoxy) is 1. The van der Waals surface area contributed by atoms with Crippen molar-refractivity contribution in [3.8, 4) is 5.75 Å². The third kappa shape index (κ3) is 2.85. The minimum absolute atomic E-state index is 0.676. The molecule has 0 aliphatic rings. The Morgan fingerprint density at radius 1 is 1.64 bits per heavy atom. The van der Waals surface area contributed by atoms with Crippen LogP contribution < -0.4 is 4.74 Å². The summed E-state index contributed by atoms with van der Waals surface area (Å²) < 4.78 is 5.31. The Kier molecular flexibility index (Phi) is 3.19. The van der Waals surface area contributed by atoms with E-state index in [1.54, 1.807) is 12.4 Å².